The van der Waals surface area contributed by atoms with Crippen LogP contribution < -0.4 is 5.32 Å². The van der Waals surface area contributed by atoms with Crippen molar-refractivity contribution in [3.05, 3.63) is 70.5 Å². The topological polar surface area (TPSA) is 29.1 Å². The number of benzene rings is 2. The number of hydrogen-bond acceptors (Lipinski definition) is 1. The van der Waals surface area contributed by atoms with Gasteiger partial charge in [0.25, 0.3) is 0 Å². The summed E-state index contributed by atoms with van der Waals surface area (Å²) < 4.78 is 13.0. The van der Waals surface area contributed by atoms with E-state index in [4.69, 9.17) is 11.6 Å². The zero-order chi connectivity index (χ0) is 14.5. The van der Waals surface area contributed by atoms with Crippen molar-refractivity contribution in [1.82, 2.24) is 0 Å². The van der Waals surface area contributed by atoms with Crippen molar-refractivity contribution >= 4 is 29.3 Å². The molecule has 0 saturated heterocycles. The number of carbonyl (C=O) groups excluding carboxylic acids is 1. The second-order valence-electron chi connectivity index (χ2n) is 4.29. The first-order chi connectivity index (χ1) is 9.56. The lowest BCUT2D eigenvalue weighted by molar-refractivity contribution is -0.111. The molecule has 0 fully saturated rings. The monoisotopic (exact) mass is 289 g/mol. The first kappa shape index (κ1) is 14.3. The third-order valence-electron chi connectivity index (χ3n) is 2.80. The number of hydrogen-bond donors (Lipinski definition) is 1. The highest BCUT2D eigenvalue weighted by atomic mass is 35.5. The molecule has 1 amide bonds. The minimum absolute atomic E-state index is 0.292. The third kappa shape index (κ3) is 3.68. The van der Waals surface area contributed by atoms with Crippen LogP contribution in [0.3, 0.4) is 0 Å². The SMILES string of the molecule is Cc1c(Cl)cccc1NC(=O)/C=C\c1cccc(F)c1. The molecular weight excluding hydrogens is 277 g/mol. The summed E-state index contributed by atoms with van der Waals surface area (Å²) in [5.74, 6) is -0.627. The number of rotatable bonds is 3. The van der Waals surface area contributed by atoms with Crippen molar-refractivity contribution < 1.29 is 9.18 Å². The molecule has 0 bridgehead atoms. The molecule has 0 radical (unpaired) electrons. The molecule has 0 aliphatic heterocycles. The Bertz CT molecular complexity index is 667. The second-order valence-corrected chi connectivity index (χ2v) is 4.70. The zero-order valence-corrected chi connectivity index (χ0v) is 11.6. The smallest absolute Gasteiger partial charge is 0.248 e. The van der Waals surface area contributed by atoms with Gasteiger partial charge in [-0.15, -0.1) is 0 Å². The molecule has 20 heavy (non-hydrogen) atoms. The fraction of sp³-hybridized carbons (Fsp3) is 0.0625. The van der Waals surface area contributed by atoms with Crippen LogP contribution >= 0.6 is 11.6 Å². The Morgan fingerprint density at radius 3 is 2.75 bits per heavy atom. The van der Waals surface area contributed by atoms with Crippen molar-refractivity contribution in [3.8, 4) is 0 Å². The molecule has 0 saturated carbocycles. The maximum Gasteiger partial charge on any atom is 0.248 e. The number of amides is 1. The predicted molar refractivity (Wildman–Crippen MR) is 80.3 cm³/mol. The van der Waals surface area contributed by atoms with Crippen molar-refractivity contribution in [1.29, 1.82) is 0 Å². The van der Waals surface area contributed by atoms with Crippen LogP contribution in [0.1, 0.15) is 11.1 Å². The molecule has 1 N–H and O–H groups in total. The van der Waals surface area contributed by atoms with E-state index in [1.54, 1.807) is 36.4 Å². The first-order valence-electron chi connectivity index (χ1n) is 6.06. The summed E-state index contributed by atoms with van der Waals surface area (Å²) in [6, 6.07) is 11.3. The molecule has 2 nitrogen and oxygen atoms in total. The van der Waals surface area contributed by atoms with Crippen molar-refractivity contribution in [2.45, 2.75) is 6.92 Å². The van der Waals surface area contributed by atoms with Gasteiger partial charge in [0.05, 0.1) is 0 Å². The van der Waals surface area contributed by atoms with E-state index in [1.165, 1.54) is 18.2 Å². The highest BCUT2D eigenvalue weighted by molar-refractivity contribution is 6.31. The minimum Gasteiger partial charge on any atom is -0.322 e. The lowest BCUT2D eigenvalue weighted by Crippen LogP contribution is -2.08. The largest absolute Gasteiger partial charge is 0.322 e. The zero-order valence-electron chi connectivity index (χ0n) is 10.9. The van der Waals surface area contributed by atoms with Gasteiger partial charge in [0, 0.05) is 16.8 Å². The van der Waals surface area contributed by atoms with Gasteiger partial charge in [0.15, 0.2) is 0 Å². The van der Waals surface area contributed by atoms with Crippen LogP contribution in [-0.4, -0.2) is 5.91 Å². The van der Waals surface area contributed by atoms with E-state index in [9.17, 15) is 9.18 Å². The number of anilines is 1. The van der Waals surface area contributed by atoms with E-state index in [0.717, 1.165) is 5.56 Å². The molecule has 2 rings (SSSR count). The Morgan fingerprint density at radius 2 is 2.00 bits per heavy atom. The minimum atomic E-state index is -0.335. The molecule has 0 unspecified atom stereocenters. The number of nitrogens with one attached hydrogen (secondary N) is 1. The van der Waals surface area contributed by atoms with E-state index < -0.39 is 0 Å². The molecular formula is C16H13ClFNO. The maximum absolute atomic E-state index is 13.0. The van der Waals surface area contributed by atoms with E-state index in [0.29, 0.717) is 16.3 Å². The lowest BCUT2D eigenvalue weighted by atomic mass is 10.2. The fourth-order valence-corrected chi connectivity index (χ4v) is 1.87. The van der Waals surface area contributed by atoms with E-state index >= 15 is 0 Å². The Labute approximate surface area is 121 Å². The summed E-state index contributed by atoms with van der Waals surface area (Å²) in [6.45, 7) is 1.83. The van der Waals surface area contributed by atoms with E-state index in [-0.39, 0.29) is 11.7 Å². The standard InChI is InChI=1S/C16H13ClFNO/c1-11-14(17)6-3-7-15(11)19-16(20)9-8-12-4-2-5-13(18)10-12/h2-10H,1H3,(H,19,20)/b9-8-. The van der Waals surface area contributed by atoms with Crippen LogP contribution in [0.15, 0.2) is 48.5 Å². The second kappa shape index (κ2) is 6.35. The summed E-state index contributed by atoms with van der Waals surface area (Å²) in [6.07, 6.45) is 2.91. The van der Waals surface area contributed by atoms with Gasteiger partial charge in [-0.2, -0.15) is 0 Å². The number of carbonyl (C=O) groups is 1. The lowest BCUT2D eigenvalue weighted by Gasteiger charge is -2.07. The van der Waals surface area contributed by atoms with Crippen molar-refractivity contribution in [2.24, 2.45) is 0 Å². The van der Waals surface area contributed by atoms with Crippen LogP contribution in [0.2, 0.25) is 5.02 Å². The Balaban J connectivity index is 2.08. The third-order valence-corrected chi connectivity index (χ3v) is 3.21. The van der Waals surface area contributed by atoms with Crippen LogP contribution in [0.25, 0.3) is 6.08 Å². The van der Waals surface area contributed by atoms with E-state index in [1.807, 2.05) is 6.92 Å². The molecule has 0 heterocycles. The molecule has 0 aliphatic carbocycles. The first-order valence-corrected chi connectivity index (χ1v) is 6.44. The Kier molecular flexibility index (Phi) is 4.53. The molecule has 0 spiro atoms. The molecule has 0 aliphatic rings. The molecule has 102 valence electrons. The summed E-state index contributed by atoms with van der Waals surface area (Å²) in [5, 5.41) is 3.33. The molecule has 0 aromatic heterocycles. The van der Waals surface area contributed by atoms with Crippen LogP contribution in [0.5, 0.6) is 0 Å². The molecule has 4 heteroatoms. The van der Waals surface area contributed by atoms with E-state index in [2.05, 4.69) is 5.32 Å². The molecule has 0 atom stereocenters. The van der Waals surface area contributed by atoms with Gasteiger partial charge in [0.1, 0.15) is 5.82 Å². The summed E-state index contributed by atoms with van der Waals surface area (Å²) in [5.41, 5.74) is 2.09. The summed E-state index contributed by atoms with van der Waals surface area (Å²) in [4.78, 5) is 11.8. The summed E-state index contributed by atoms with van der Waals surface area (Å²) in [7, 11) is 0. The molecule has 2 aromatic carbocycles. The van der Waals surface area contributed by atoms with Crippen LogP contribution in [0.4, 0.5) is 10.1 Å². The van der Waals surface area contributed by atoms with Crippen molar-refractivity contribution in [2.75, 3.05) is 5.32 Å². The van der Waals surface area contributed by atoms with Gasteiger partial charge >= 0.3 is 0 Å². The maximum atomic E-state index is 13.0. The van der Waals surface area contributed by atoms with Gasteiger partial charge in [0.2, 0.25) is 5.91 Å². The Morgan fingerprint density at radius 1 is 1.25 bits per heavy atom. The predicted octanol–water partition coefficient (Wildman–Crippen LogP) is 4.44. The van der Waals surface area contributed by atoms with Crippen molar-refractivity contribution in [3.63, 3.8) is 0 Å². The quantitative estimate of drug-likeness (QED) is 0.832. The van der Waals surface area contributed by atoms with Gasteiger partial charge < -0.3 is 5.32 Å². The normalized spacial score (nSPS) is 10.8. The highest BCUT2D eigenvalue weighted by Crippen LogP contribution is 2.22. The van der Waals surface area contributed by atoms with Gasteiger partial charge in [-0.05, 0) is 48.4 Å². The van der Waals surface area contributed by atoms with Gasteiger partial charge in [-0.25, -0.2) is 4.39 Å². The van der Waals surface area contributed by atoms with Gasteiger partial charge in [-0.1, -0.05) is 29.8 Å². The Hall–Kier alpha value is -2.13. The average Bonchev–Trinajstić information content (AvgIpc) is 2.42. The summed E-state index contributed by atoms with van der Waals surface area (Å²) >= 11 is 5.98. The number of halogens is 2. The molecule has 2 aromatic rings. The fourth-order valence-electron chi connectivity index (χ4n) is 1.70. The van der Waals surface area contributed by atoms with Gasteiger partial charge in [-0.3, -0.25) is 4.79 Å². The highest BCUT2D eigenvalue weighted by Gasteiger charge is 2.04. The van der Waals surface area contributed by atoms with Crippen LogP contribution in [-0.2, 0) is 4.79 Å². The van der Waals surface area contributed by atoms with Crippen LogP contribution in [0, 0.1) is 12.7 Å². The average molecular weight is 290 g/mol.